The predicted octanol–water partition coefficient (Wildman–Crippen LogP) is 2.47. The van der Waals surface area contributed by atoms with Crippen LogP contribution in [0.2, 0.25) is 5.02 Å². The number of nitrogens with zero attached hydrogens (tertiary/aromatic N) is 3. The summed E-state index contributed by atoms with van der Waals surface area (Å²) in [4.78, 5) is 4.05. The van der Waals surface area contributed by atoms with E-state index in [4.69, 9.17) is 16.3 Å². The van der Waals surface area contributed by atoms with Crippen molar-refractivity contribution in [3.05, 3.63) is 59.1 Å². The van der Waals surface area contributed by atoms with E-state index in [1.807, 2.05) is 0 Å². The van der Waals surface area contributed by atoms with Gasteiger partial charge in [-0.25, -0.2) is 4.52 Å². The summed E-state index contributed by atoms with van der Waals surface area (Å²) in [6.45, 7) is 0. The summed E-state index contributed by atoms with van der Waals surface area (Å²) < 4.78 is 6.83. The molecule has 6 heteroatoms. The molecule has 3 rings (SSSR count). The number of aliphatic hydroxyl groups is 1. The zero-order chi connectivity index (χ0) is 14.1. The van der Waals surface area contributed by atoms with Crippen LogP contribution in [0.4, 0.5) is 0 Å². The van der Waals surface area contributed by atoms with Crippen molar-refractivity contribution in [2.45, 2.75) is 6.10 Å². The summed E-state index contributed by atoms with van der Waals surface area (Å²) in [7, 11) is 1.54. The summed E-state index contributed by atoms with van der Waals surface area (Å²) in [6, 6.07) is 5.17. The van der Waals surface area contributed by atoms with Crippen molar-refractivity contribution in [3.63, 3.8) is 0 Å². The molecule has 1 atom stereocenters. The molecule has 0 aliphatic carbocycles. The van der Waals surface area contributed by atoms with Gasteiger partial charge < -0.3 is 9.84 Å². The van der Waals surface area contributed by atoms with Crippen LogP contribution in [0.25, 0.3) is 5.52 Å². The van der Waals surface area contributed by atoms with Crippen LogP contribution in [-0.4, -0.2) is 26.8 Å². The third-order valence-electron chi connectivity index (χ3n) is 3.14. The highest BCUT2D eigenvalue weighted by Crippen LogP contribution is 2.31. The van der Waals surface area contributed by atoms with Gasteiger partial charge >= 0.3 is 0 Å². The minimum absolute atomic E-state index is 0.505. The van der Waals surface area contributed by atoms with E-state index in [0.29, 0.717) is 21.9 Å². The SMILES string of the molecule is COc1cc(C(O)c2cnn3ccncc23)ccc1Cl. The molecule has 0 saturated heterocycles. The summed E-state index contributed by atoms with van der Waals surface area (Å²) in [5.41, 5.74) is 2.13. The predicted molar refractivity (Wildman–Crippen MR) is 75.1 cm³/mol. The number of halogens is 1. The van der Waals surface area contributed by atoms with Crippen molar-refractivity contribution in [3.8, 4) is 5.75 Å². The molecular weight excluding hydrogens is 278 g/mol. The van der Waals surface area contributed by atoms with Crippen LogP contribution >= 0.6 is 11.6 Å². The first-order chi connectivity index (χ1) is 9.70. The molecular formula is C14H12ClN3O2. The molecule has 0 radical (unpaired) electrons. The molecule has 0 aliphatic rings. The molecule has 20 heavy (non-hydrogen) atoms. The lowest BCUT2D eigenvalue weighted by Gasteiger charge is -2.12. The van der Waals surface area contributed by atoms with Crippen LogP contribution in [0.3, 0.4) is 0 Å². The largest absolute Gasteiger partial charge is 0.495 e. The minimum atomic E-state index is -0.817. The number of methoxy groups -OCH3 is 1. The van der Waals surface area contributed by atoms with Crippen LogP contribution in [0, 0.1) is 0 Å². The van der Waals surface area contributed by atoms with E-state index in [0.717, 1.165) is 5.52 Å². The highest BCUT2D eigenvalue weighted by atomic mass is 35.5. The Kier molecular flexibility index (Phi) is 3.30. The van der Waals surface area contributed by atoms with Gasteiger partial charge in [0.25, 0.3) is 0 Å². The van der Waals surface area contributed by atoms with E-state index in [2.05, 4.69) is 10.1 Å². The first kappa shape index (κ1) is 12.9. The number of aromatic nitrogens is 3. The van der Waals surface area contributed by atoms with Crippen LogP contribution in [0.1, 0.15) is 17.2 Å². The molecule has 2 aromatic heterocycles. The van der Waals surface area contributed by atoms with Crippen molar-refractivity contribution in [2.24, 2.45) is 0 Å². The summed E-state index contributed by atoms with van der Waals surface area (Å²) in [6.07, 6.45) is 5.85. The number of fused-ring (bicyclic) bond motifs is 1. The van der Waals surface area contributed by atoms with Gasteiger partial charge in [-0.15, -0.1) is 0 Å². The Morgan fingerprint density at radius 3 is 3.00 bits per heavy atom. The van der Waals surface area contributed by atoms with Crippen molar-refractivity contribution in [2.75, 3.05) is 7.11 Å². The topological polar surface area (TPSA) is 59.7 Å². The number of hydrogen-bond acceptors (Lipinski definition) is 4. The minimum Gasteiger partial charge on any atom is -0.495 e. The van der Waals surface area contributed by atoms with Gasteiger partial charge in [-0.1, -0.05) is 17.7 Å². The quantitative estimate of drug-likeness (QED) is 0.805. The Hall–Kier alpha value is -2.11. The second-order valence-corrected chi connectivity index (χ2v) is 4.71. The van der Waals surface area contributed by atoms with E-state index in [-0.39, 0.29) is 0 Å². The van der Waals surface area contributed by atoms with E-state index < -0.39 is 6.10 Å². The van der Waals surface area contributed by atoms with Crippen LogP contribution < -0.4 is 4.74 Å². The Balaban J connectivity index is 2.06. The number of aliphatic hydroxyl groups excluding tert-OH is 1. The number of benzene rings is 1. The molecule has 1 N–H and O–H groups in total. The van der Waals surface area contributed by atoms with Gasteiger partial charge in [0.15, 0.2) is 0 Å². The van der Waals surface area contributed by atoms with Gasteiger partial charge in [0.1, 0.15) is 11.9 Å². The first-order valence-electron chi connectivity index (χ1n) is 5.99. The maximum absolute atomic E-state index is 10.5. The van der Waals surface area contributed by atoms with Crippen molar-refractivity contribution in [1.82, 2.24) is 14.6 Å². The van der Waals surface area contributed by atoms with Gasteiger partial charge in [0, 0.05) is 18.0 Å². The standard InChI is InChI=1S/C14H12ClN3O2/c1-20-13-6-9(2-3-11(13)15)14(19)10-7-17-18-5-4-16-8-12(10)18/h2-8,14,19H,1H3. The van der Waals surface area contributed by atoms with Crippen molar-refractivity contribution >= 4 is 17.1 Å². The molecule has 0 aliphatic heterocycles. The molecule has 0 spiro atoms. The normalized spacial score (nSPS) is 12.6. The first-order valence-corrected chi connectivity index (χ1v) is 6.37. The fraction of sp³-hybridized carbons (Fsp3) is 0.143. The van der Waals surface area contributed by atoms with Gasteiger partial charge in [0.05, 0.1) is 30.0 Å². The fourth-order valence-corrected chi connectivity index (χ4v) is 2.28. The summed E-state index contributed by atoms with van der Waals surface area (Å²) in [5, 5.41) is 15.2. The Morgan fingerprint density at radius 1 is 1.35 bits per heavy atom. The monoisotopic (exact) mass is 289 g/mol. The molecule has 0 amide bonds. The van der Waals surface area contributed by atoms with E-state index in [1.54, 1.807) is 47.5 Å². The zero-order valence-corrected chi connectivity index (χ0v) is 11.4. The third-order valence-corrected chi connectivity index (χ3v) is 3.45. The van der Waals surface area contributed by atoms with Crippen LogP contribution in [0.5, 0.6) is 5.75 Å². The molecule has 1 aromatic carbocycles. The van der Waals surface area contributed by atoms with Crippen molar-refractivity contribution < 1.29 is 9.84 Å². The molecule has 2 heterocycles. The second kappa shape index (κ2) is 5.11. The zero-order valence-electron chi connectivity index (χ0n) is 10.7. The molecule has 3 aromatic rings. The van der Waals surface area contributed by atoms with Crippen LogP contribution in [-0.2, 0) is 0 Å². The van der Waals surface area contributed by atoms with Crippen molar-refractivity contribution in [1.29, 1.82) is 0 Å². The highest BCUT2D eigenvalue weighted by molar-refractivity contribution is 6.32. The number of ether oxygens (including phenoxy) is 1. The second-order valence-electron chi connectivity index (χ2n) is 4.30. The maximum atomic E-state index is 10.5. The van der Waals surface area contributed by atoms with E-state index in [1.165, 1.54) is 7.11 Å². The van der Waals surface area contributed by atoms with Gasteiger partial charge in [-0.3, -0.25) is 4.98 Å². The number of hydrogen-bond donors (Lipinski definition) is 1. The summed E-state index contributed by atoms with van der Waals surface area (Å²) in [5.74, 6) is 0.526. The molecule has 0 saturated carbocycles. The lowest BCUT2D eigenvalue weighted by Crippen LogP contribution is -2.00. The average molecular weight is 290 g/mol. The Labute approximate surface area is 120 Å². The van der Waals surface area contributed by atoms with Crippen LogP contribution in [0.15, 0.2) is 43.0 Å². The molecule has 0 fully saturated rings. The van der Waals surface area contributed by atoms with E-state index >= 15 is 0 Å². The maximum Gasteiger partial charge on any atom is 0.137 e. The smallest absolute Gasteiger partial charge is 0.137 e. The van der Waals surface area contributed by atoms with E-state index in [9.17, 15) is 5.11 Å². The average Bonchev–Trinajstić information content (AvgIpc) is 2.91. The van der Waals surface area contributed by atoms with Gasteiger partial charge in [-0.05, 0) is 17.7 Å². The highest BCUT2D eigenvalue weighted by Gasteiger charge is 2.17. The fourth-order valence-electron chi connectivity index (χ4n) is 2.09. The Bertz CT molecular complexity index is 757. The Morgan fingerprint density at radius 2 is 2.20 bits per heavy atom. The number of rotatable bonds is 3. The molecule has 102 valence electrons. The van der Waals surface area contributed by atoms with Gasteiger partial charge in [0.2, 0.25) is 0 Å². The summed E-state index contributed by atoms with van der Waals surface area (Å²) >= 11 is 5.99. The lowest BCUT2D eigenvalue weighted by molar-refractivity contribution is 0.221. The molecule has 0 bridgehead atoms. The van der Waals surface area contributed by atoms with Gasteiger partial charge in [-0.2, -0.15) is 5.10 Å². The lowest BCUT2D eigenvalue weighted by atomic mass is 10.0. The molecule has 1 unspecified atom stereocenters. The molecule has 5 nitrogen and oxygen atoms in total. The third kappa shape index (κ3) is 2.11.